The molecule has 0 radical (unpaired) electrons. The number of rotatable bonds is 8. The lowest BCUT2D eigenvalue weighted by atomic mass is 10.0. The molecule has 0 aliphatic heterocycles. The molecule has 15 heavy (non-hydrogen) atoms. The third-order valence-electron chi connectivity index (χ3n) is 2.19. The minimum absolute atomic E-state index is 0. The minimum Gasteiger partial charge on any atom is -0.481 e. The van der Waals surface area contributed by atoms with Gasteiger partial charge < -0.3 is 10.2 Å². The van der Waals surface area contributed by atoms with Gasteiger partial charge in [-0.25, -0.2) is 0 Å². The summed E-state index contributed by atoms with van der Waals surface area (Å²) in [5.74, 6) is -3.68. The van der Waals surface area contributed by atoms with Crippen molar-refractivity contribution < 1.29 is 19.8 Å². The largest absolute Gasteiger partial charge is 0.481 e. The van der Waals surface area contributed by atoms with Gasteiger partial charge in [-0.2, -0.15) is 0 Å². The van der Waals surface area contributed by atoms with Gasteiger partial charge in [0.25, 0.3) is 0 Å². The molecule has 0 spiro atoms. The van der Waals surface area contributed by atoms with Crippen molar-refractivity contribution in [3.8, 4) is 0 Å². The Morgan fingerprint density at radius 2 is 1.47 bits per heavy atom. The SMILES string of the molecule is CCCCCCCC(C(=O)O)C(=O)O.[MgH2]. The zero-order valence-electron chi connectivity index (χ0n) is 8.53. The van der Waals surface area contributed by atoms with Crippen LogP contribution in [0.3, 0.4) is 0 Å². The molecule has 0 aromatic heterocycles. The smallest absolute Gasteiger partial charge is 0.317 e. The molecule has 0 fully saturated rings. The molecule has 0 bridgehead atoms. The summed E-state index contributed by atoms with van der Waals surface area (Å²) in [4.78, 5) is 21.0. The Hall–Kier alpha value is -0.294. The van der Waals surface area contributed by atoms with Crippen LogP contribution in [0.25, 0.3) is 0 Å². The number of unbranched alkanes of at least 4 members (excludes halogenated alkanes) is 4. The number of carbonyl (C=O) groups is 2. The number of hydrogen-bond donors (Lipinski definition) is 2. The van der Waals surface area contributed by atoms with Crippen molar-refractivity contribution in [1.29, 1.82) is 0 Å². The molecule has 5 heteroatoms. The van der Waals surface area contributed by atoms with Gasteiger partial charge >= 0.3 is 35.0 Å². The second-order valence-electron chi connectivity index (χ2n) is 3.43. The van der Waals surface area contributed by atoms with Crippen molar-refractivity contribution in [1.82, 2.24) is 0 Å². The van der Waals surface area contributed by atoms with E-state index in [0.29, 0.717) is 6.42 Å². The van der Waals surface area contributed by atoms with Gasteiger partial charge in [0.2, 0.25) is 0 Å². The highest BCUT2D eigenvalue weighted by molar-refractivity contribution is 5.92. The predicted molar refractivity (Wildman–Crippen MR) is 60.7 cm³/mol. The summed E-state index contributed by atoms with van der Waals surface area (Å²) in [6.45, 7) is 2.09. The van der Waals surface area contributed by atoms with Gasteiger partial charge in [-0.3, -0.25) is 9.59 Å². The zero-order valence-corrected chi connectivity index (χ0v) is 8.53. The molecule has 0 aromatic carbocycles. The van der Waals surface area contributed by atoms with E-state index < -0.39 is 17.9 Å². The molecular formula is C10H20MgO4. The first-order chi connectivity index (χ1) is 6.59. The molecule has 0 amide bonds. The van der Waals surface area contributed by atoms with Crippen LogP contribution in [0.4, 0.5) is 0 Å². The van der Waals surface area contributed by atoms with Gasteiger partial charge in [0.05, 0.1) is 0 Å². The molecule has 0 aliphatic rings. The maximum atomic E-state index is 10.5. The van der Waals surface area contributed by atoms with Crippen molar-refractivity contribution in [2.24, 2.45) is 5.92 Å². The van der Waals surface area contributed by atoms with Gasteiger partial charge in [-0.05, 0) is 6.42 Å². The highest BCUT2D eigenvalue weighted by atomic mass is 24.3. The van der Waals surface area contributed by atoms with Crippen molar-refractivity contribution in [2.75, 3.05) is 0 Å². The van der Waals surface area contributed by atoms with E-state index in [-0.39, 0.29) is 29.5 Å². The fraction of sp³-hybridized carbons (Fsp3) is 0.800. The van der Waals surface area contributed by atoms with Crippen molar-refractivity contribution >= 4 is 35.0 Å². The summed E-state index contributed by atoms with van der Waals surface area (Å²) >= 11 is 0. The van der Waals surface area contributed by atoms with Crippen molar-refractivity contribution in [3.63, 3.8) is 0 Å². The summed E-state index contributed by atoms with van der Waals surface area (Å²) in [6.07, 6.45) is 5.16. The molecule has 0 heterocycles. The van der Waals surface area contributed by atoms with Crippen molar-refractivity contribution in [3.05, 3.63) is 0 Å². The van der Waals surface area contributed by atoms with Crippen LogP contribution in [0.5, 0.6) is 0 Å². The van der Waals surface area contributed by atoms with Crippen LogP contribution in [-0.4, -0.2) is 45.2 Å². The maximum Gasteiger partial charge on any atom is 0.317 e. The first-order valence-corrected chi connectivity index (χ1v) is 5.05. The summed E-state index contributed by atoms with van der Waals surface area (Å²) in [7, 11) is 0. The first kappa shape index (κ1) is 17.1. The van der Waals surface area contributed by atoms with Crippen LogP contribution in [-0.2, 0) is 9.59 Å². The predicted octanol–water partition coefficient (Wildman–Crippen LogP) is 1.22. The van der Waals surface area contributed by atoms with Crippen LogP contribution in [0.2, 0.25) is 0 Å². The Kier molecular flexibility index (Phi) is 11.7. The highest BCUT2D eigenvalue weighted by Crippen LogP contribution is 2.12. The van der Waals surface area contributed by atoms with Crippen LogP contribution in [0, 0.1) is 5.92 Å². The average molecular weight is 229 g/mol. The molecule has 2 N–H and O–H groups in total. The van der Waals surface area contributed by atoms with E-state index in [1.165, 1.54) is 0 Å². The Balaban J connectivity index is 0. The number of carboxylic acids is 2. The third kappa shape index (κ3) is 8.68. The molecule has 86 valence electrons. The molecule has 0 aromatic rings. The van der Waals surface area contributed by atoms with Crippen LogP contribution >= 0.6 is 0 Å². The lowest BCUT2D eigenvalue weighted by Gasteiger charge is -2.06. The molecule has 0 unspecified atom stereocenters. The van der Waals surface area contributed by atoms with E-state index in [1.54, 1.807) is 0 Å². The molecule has 0 saturated heterocycles. The normalized spacial score (nSPS) is 9.73. The van der Waals surface area contributed by atoms with E-state index in [1.807, 2.05) is 0 Å². The molecule has 0 saturated carbocycles. The first-order valence-electron chi connectivity index (χ1n) is 5.05. The number of carboxylic acid groups (broad SMARTS) is 2. The molecule has 0 rings (SSSR count). The zero-order chi connectivity index (χ0) is 11.0. The van der Waals surface area contributed by atoms with E-state index in [2.05, 4.69) is 6.92 Å². The molecule has 0 atom stereocenters. The summed E-state index contributed by atoms with van der Waals surface area (Å²) in [5, 5.41) is 17.1. The minimum atomic E-state index is -1.23. The van der Waals surface area contributed by atoms with E-state index in [0.717, 1.165) is 25.7 Å². The van der Waals surface area contributed by atoms with Crippen LogP contribution < -0.4 is 0 Å². The van der Waals surface area contributed by atoms with Crippen molar-refractivity contribution in [2.45, 2.75) is 45.4 Å². The van der Waals surface area contributed by atoms with Gasteiger partial charge in [-0.15, -0.1) is 0 Å². The Morgan fingerprint density at radius 3 is 1.87 bits per heavy atom. The third-order valence-corrected chi connectivity index (χ3v) is 2.19. The fourth-order valence-corrected chi connectivity index (χ4v) is 1.30. The van der Waals surface area contributed by atoms with Crippen LogP contribution in [0.1, 0.15) is 45.4 Å². The summed E-state index contributed by atoms with van der Waals surface area (Å²) in [5.41, 5.74) is 0. The van der Waals surface area contributed by atoms with Gasteiger partial charge in [0, 0.05) is 0 Å². The maximum absolute atomic E-state index is 10.5. The topological polar surface area (TPSA) is 74.6 Å². The molecule has 0 aliphatic carbocycles. The van der Waals surface area contributed by atoms with E-state index in [4.69, 9.17) is 10.2 Å². The highest BCUT2D eigenvalue weighted by Gasteiger charge is 2.24. The second-order valence-corrected chi connectivity index (χ2v) is 3.43. The molecule has 4 nitrogen and oxygen atoms in total. The lowest BCUT2D eigenvalue weighted by Crippen LogP contribution is -2.23. The Morgan fingerprint density at radius 1 is 1.00 bits per heavy atom. The van der Waals surface area contributed by atoms with Gasteiger partial charge in [0.15, 0.2) is 5.92 Å². The summed E-state index contributed by atoms with van der Waals surface area (Å²) < 4.78 is 0. The van der Waals surface area contributed by atoms with Gasteiger partial charge in [0.1, 0.15) is 0 Å². The van der Waals surface area contributed by atoms with Crippen LogP contribution in [0.15, 0.2) is 0 Å². The second kappa shape index (κ2) is 10.2. The quantitative estimate of drug-likeness (QED) is 0.372. The summed E-state index contributed by atoms with van der Waals surface area (Å²) in [6, 6.07) is 0. The monoisotopic (exact) mass is 228 g/mol. The Bertz CT molecular complexity index is 180. The average Bonchev–Trinajstić information content (AvgIpc) is 2.09. The van der Waals surface area contributed by atoms with E-state index in [9.17, 15) is 9.59 Å². The van der Waals surface area contributed by atoms with Gasteiger partial charge in [-0.1, -0.05) is 39.0 Å². The van der Waals surface area contributed by atoms with E-state index >= 15 is 0 Å². The lowest BCUT2D eigenvalue weighted by molar-refractivity contribution is -0.154. The Labute approximate surface area is 106 Å². The number of aliphatic carboxylic acids is 2. The number of hydrogen-bond acceptors (Lipinski definition) is 2. The molecular weight excluding hydrogens is 208 g/mol. The standard InChI is InChI=1S/C10H18O4.Mg.2H/c1-2-3-4-5-6-7-8(9(11)12)10(13)14;;;/h8H,2-7H2,1H3,(H,11,12)(H,13,14);;;. The fourth-order valence-electron chi connectivity index (χ4n) is 1.30.